The molecular formula is C22H15Cl2N3O. The number of carbonyl (C=O) groups excluding carboxylic acids is 1. The molecule has 4 aromatic rings. The number of Topliss-reactive ketones (excluding diaryl/α,β-unsaturated/α-hetero) is 1. The summed E-state index contributed by atoms with van der Waals surface area (Å²) in [5.74, 6) is 1.13. The number of ketones is 1. The van der Waals surface area contributed by atoms with Crippen molar-refractivity contribution in [2.24, 2.45) is 0 Å². The molecule has 4 nitrogen and oxygen atoms in total. The van der Waals surface area contributed by atoms with Crippen molar-refractivity contribution in [2.75, 3.05) is 5.32 Å². The van der Waals surface area contributed by atoms with E-state index in [1.807, 2.05) is 36.4 Å². The molecule has 0 aliphatic heterocycles. The predicted octanol–water partition coefficient (Wildman–Crippen LogP) is 6.55. The number of fused-ring (bicyclic) bond motifs is 1. The largest absolute Gasteiger partial charge is 0.340 e. The molecule has 0 atom stereocenters. The van der Waals surface area contributed by atoms with Crippen LogP contribution in [0.4, 0.5) is 11.5 Å². The van der Waals surface area contributed by atoms with E-state index in [0.29, 0.717) is 32.8 Å². The second kappa shape index (κ2) is 7.58. The minimum absolute atomic E-state index is 0.00447. The number of hydrogen-bond acceptors (Lipinski definition) is 4. The van der Waals surface area contributed by atoms with E-state index in [4.69, 9.17) is 28.2 Å². The molecule has 0 amide bonds. The number of hydrogen-bond donors (Lipinski definition) is 1. The Morgan fingerprint density at radius 1 is 0.929 bits per heavy atom. The molecular weight excluding hydrogens is 393 g/mol. The van der Waals surface area contributed by atoms with Gasteiger partial charge in [0.25, 0.3) is 0 Å². The average Bonchev–Trinajstić information content (AvgIpc) is 2.68. The molecule has 0 saturated heterocycles. The van der Waals surface area contributed by atoms with Gasteiger partial charge in [-0.3, -0.25) is 4.79 Å². The average molecular weight is 408 g/mol. The summed E-state index contributed by atoms with van der Waals surface area (Å²) < 4.78 is 0. The van der Waals surface area contributed by atoms with Gasteiger partial charge in [-0.25, -0.2) is 9.97 Å². The van der Waals surface area contributed by atoms with Crippen molar-refractivity contribution in [3.63, 3.8) is 0 Å². The van der Waals surface area contributed by atoms with Crippen molar-refractivity contribution in [1.82, 2.24) is 9.97 Å². The second-order valence-corrected chi connectivity index (χ2v) is 7.14. The molecule has 6 heteroatoms. The van der Waals surface area contributed by atoms with Crippen LogP contribution in [0.3, 0.4) is 0 Å². The number of nitrogens with one attached hydrogen (secondary N) is 1. The Morgan fingerprint density at radius 3 is 2.54 bits per heavy atom. The van der Waals surface area contributed by atoms with E-state index in [0.717, 1.165) is 16.6 Å². The number of para-hydroxylation sites is 1. The Hall–Kier alpha value is -2.95. The first kappa shape index (κ1) is 18.4. The van der Waals surface area contributed by atoms with Gasteiger partial charge in [0.15, 0.2) is 11.6 Å². The van der Waals surface area contributed by atoms with Crippen molar-refractivity contribution in [3.05, 3.63) is 82.3 Å². The maximum Gasteiger partial charge on any atom is 0.163 e. The number of rotatable bonds is 4. The minimum Gasteiger partial charge on any atom is -0.340 e. The zero-order valence-corrected chi connectivity index (χ0v) is 16.4. The smallest absolute Gasteiger partial charge is 0.163 e. The van der Waals surface area contributed by atoms with Crippen LogP contribution < -0.4 is 5.32 Å². The second-order valence-electron chi connectivity index (χ2n) is 6.30. The molecule has 0 saturated carbocycles. The molecule has 0 unspecified atom stereocenters. The fourth-order valence-electron chi connectivity index (χ4n) is 2.92. The van der Waals surface area contributed by atoms with Crippen LogP contribution in [-0.4, -0.2) is 15.8 Å². The third-order valence-electron chi connectivity index (χ3n) is 4.31. The Bertz CT molecular complexity index is 1210. The highest BCUT2D eigenvalue weighted by Gasteiger charge is 2.13. The Labute approximate surface area is 172 Å². The van der Waals surface area contributed by atoms with Gasteiger partial charge in [-0.1, -0.05) is 47.5 Å². The SMILES string of the molecule is CC(=O)c1cccc(Nc2nc(-c3ccc(Cl)cc3Cl)nc3ccccc23)c1. The predicted molar refractivity (Wildman–Crippen MR) is 115 cm³/mol. The quantitative estimate of drug-likeness (QED) is 0.389. The summed E-state index contributed by atoms with van der Waals surface area (Å²) >= 11 is 12.4. The highest BCUT2D eigenvalue weighted by molar-refractivity contribution is 6.36. The third kappa shape index (κ3) is 3.70. The van der Waals surface area contributed by atoms with Crippen LogP contribution in [0.15, 0.2) is 66.7 Å². The molecule has 0 fully saturated rings. The van der Waals surface area contributed by atoms with Crippen LogP contribution in [0.2, 0.25) is 10.0 Å². The molecule has 138 valence electrons. The van der Waals surface area contributed by atoms with E-state index in [1.54, 1.807) is 37.3 Å². The number of carbonyl (C=O) groups is 1. The monoisotopic (exact) mass is 407 g/mol. The Morgan fingerprint density at radius 2 is 1.75 bits per heavy atom. The lowest BCUT2D eigenvalue weighted by atomic mass is 10.1. The van der Waals surface area contributed by atoms with Crippen molar-refractivity contribution in [1.29, 1.82) is 0 Å². The van der Waals surface area contributed by atoms with Crippen LogP contribution in [0.5, 0.6) is 0 Å². The Kier molecular flexibility index (Phi) is 4.99. The molecule has 4 rings (SSSR count). The molecule has 0 spiro atoms. The lowest BCUT2D eigenvalue weighted by Crippen LogP contribution is -2.01. The molecule has 3 aromatic carbocycles. The molecule has 0 bridgehead atoms. The lowest BCUT2D eigenvalue weighted by molar-refractivity contribution is 0.101. The Balaban J connectivity index is 1.85. The first-order chi connectivity index (χ1) is 13.5. The maximum absolute atomic E-state index is 11.7. The maximum atomic E-state index is 11.7. The first-order valence-electron chi connectivity index (χ1n) is 8.61. The molecule has 1 aromatic heterocycles. The number of halogens is 2. The summed E-state index contributed by atoms with van der Waals surface area (Å²) in [6.07, 6.45) is 0. The van der Waals surface area contributed by atoms with Gasteiger partial charge in [-0.2, -0.15) is 0 Å². The fraction of sp³-hybridized carbons (Fsp3) is 0.0455. The van der Waals surface area contributed by atoms with Crippen LogP contribution in [0, 0.1) is 0 Å². The summed E-state index contributed by atoms with van der Waals surface area (Å²) in [6.45, 7) is 1.54. The summed E-state index contributed by atoms with van der Waals surface area (Å²) in [4.78, 5) is 21.0. The number of nitrogens with zero attached hydrogens (tertiary/aromatic N) is 2. The molecule has 0 aliphatic carbocycles. The minimum atomic E-state index is 0.00447. The zero-order valence-electron chi connectivity index (χ0n) is 14.9. The van der Waals surface area contributed by atoms with Gasteiger partial charge in [0.1, 0.15) is 5.82 Å². The van der Waals surface area contributed by atoms with E-state index in [-0.39, 0.29) is 5.78 Å². The standard InChI is InChI=1S/C22H15Cl2N3O/c1-13(28)14-5-4-6-16(11-14)25-22-18-7-2-3-8-20(18)26-21(27-22)17-10-9-15(23)12-19(17)24/h2-12H,1H3,(H,25,26,27). The van der Waals surface area contributed by atoms with E-state index in [9.17, 15) is 4.79 Å². The number of benzene rings is 3. The van der Waals surface area contributed by atoms with Crippen LogP contribution in [-0.2, 0) is 0 Å². The van der Waals surface area contributed by atoms with Gasteiger partial charge in [0, 0.05) is 27.2 Å². The molecule has 0 aliphatic rings. The van der Waals surface area contributed by atoms with Crippen molar-refractivity contribution in [2.45, 2.75) is 6.92 Å². The van der Waals surface area contributed by atoms with Crippen LogP contribution in [0.1, 0.15) is 17.3 Å². The summed E-state index contributed by atoms with van der Waals surface area (Å²) in [5.41, 5.74) is 2.87. The summed E-state index contributed by atoms with van der Waals surface area (Å²) in [5, 5.41) is 5.20. The third-order valence-corrected chi connectivity index (χ3v) is 4.85. The molecule has 0 radical (unpaired) electrons. The van der Waals surface area contributed by atoms with Crippen LogP contribution >= 0.6 is 23.2 Å². The summed E-state index contributed by atoms with van der Waals surface area (Å²) in [6, 6.07) is 20.2. The fourth-order valence-corrected chi connectivity index (χ4v) is 3.41. The van der Waals surface area contributed by atoms with Crippen molar-refractivity contribution >= 4 is 51.4 Å². The van der Waals surface area contributed by atoms with Crippen molar-refractivity contribution in [3.8, 4) is 11.4 Å². The zero-order chi connectivity index (χ0) is 19.7. The van der Waals surface area contributed by atoms with E-state index in [1.165, 1.54) is 0 Å². The normalized spacial score (nSPS) is 10.8. The lowest BCUT2D eigenvalue weighted by Gasteiger charge is -2.12. The highest BCUT2D eigenvalue weighted by Crippen LogP contribution is 2.32. The molecule has 28 heavy (non-hydrogen) atoms. The van der Waals surface area contributed by atoms with Gasteiger partial charge < -0.3 is 5.32 Å². The molecule has 1 heterocycles. The molecule has 1 N–H and O–H groups in total. The highest BCUT2D eigenvalue weighted by atomic mass is 35.5. The van der Waals surface area contributed by atoms with Gasteiger partial charge in [0.05, 0.1) is 10.5 Å². The number of anilines is 2. The topological polar surface area (TPSA) is 54.9 Å². The van der Waals surface area contributed by atoms with Gasteiger partial charge in [-0.05, 0) is 49.4 Å². The van der Waals surface area contributed by atoms with Crippen molar-refractivity contribution < 1.29 is 4.79 Å². The van der Waals surface area contributed by atoms with Gasteiger partial charge in [0.2, 0.25) is 0 Å². The van der Waals surface area contributed by atoms with Gasteiger partial charge in [-0.15, -0.1) is 0 Å². The van der Waals surface area contributed by atoms with E-state index in [2.05, 4.69) is 10.3 Å². The van der Waals surface area contributed by atoms with E-state index >= 15 is 0 Å². The summed E-state index contributed by atoms with van der Waals surface area (Å²) in [7, 11) is 0. The van der Waals surface area contributed by atoms with Gasteiger partial charge >= 0.3 is 0 Å². The first-order valence-corrected chi connectivity index (χ1v) is 9.37. The number of aromatic nitrogens is 2. The van der Waals surface area contributed by atoms with E-state index < -0.39 is 0 Å². The van der Waals surface area contributed by atoms with Crippen LogP contribution in [0.25, 0.3) is 22.3 Å².